The molecule has 5 nitrogen and oxygen atoms in total. The number of carbonyl (C=O) groups is 2. The van der Waals surface area contributed by atoms with E-state index in [0.717, 1.165) is 6.07 Å². The molecule has 1 aromatic rings. The van der Waals surface area contributed by atoms with Crippen molar-refractivity contribution in [3.05, 3.63) is 35.6 Å². The van der Waals surface area contributed by atoms with Crippen molar-refractivity contribution in [1.82, 2.24) is 4.90 Å². The van der Waals surface area contributed by atoms with Crippen LogP contribution in [0.15, 0.2) is 24.3 Å². The molecule has 0 radical (unpaired) electrons. The number of methoxy groups -OCH3 is 2. The van der Waals surface area contributed by atoms with Crippen molar-refractivity contribution in [2.45, 2.75) is 18.6 Å². The standard InChI is InChI=1S/C14H16FNO4/c1-19-11-7-12(14(18)20-2)16(8-11)13(17)9-4-3-5-10(15)6-9/h3-6,11-12H,7-8H2,1-2H3/t11-,12+/m0/s1. The highest BCUT2D eigenvalue weighted by atomic mass is 19.1. The lowest BCUT2D eigenvalue weighted by atomic mass is 10.1. The van der Waals surface area contributed by atoms with Gasteiger partial charge in [-0.15, -0.1) is 0 Å². The number of carbonyl (C=O) groups excluding carboxylic acids is 2. The van der Waals surface area contributed by atoms with Gasteiger partial charge in [-0.25, -0.2) is 9.18 Å². The Morgan fingerprint density at radius 3 is 2.70 bits per heavy atom. The van der Waals surface area contributed by atoms with Crippen LogP contribution in [-0.4, -0.2) is 49.7 Å². The molecule has 1 heterocycles. The van der Waals surface area contributed by atoms with E-state index in [1.165, 1.54) is 37.3 Å². The van der Waals surface area contributed by atoms with Gasteiger partial charge in [-0.05, 0) is 18.2 Å². The summed E-state index contributed by atoms with van der Waals surface area (Å²) in [7, 11) is 2.79. The fourth-order valence-electron chi connectivity index (χ4n) is 2.34. The quantitative estimate of drug-likeness (QED) is 0.782. The Bertz CT molecular complexity index is 520. The summed E-state index contributed by atoms with van der Waals surface area (Å²) in [6, 6.07) is 4.69. The van der Waals surface area contributed by atoms with Crippen molar-refractivity contribution >= 4 is 11.9 Å². The summed E-state index contributed by atoms with van der Waals surface area (Å²) in [5, 5.41) is 0. The predicted molar refractivity (Wildman–Crippen MR) is 68.7 cm³/mol. The zero-order valence-corrected chi connectivity index (χ0v) is 11.3. The number of hydrogen-bond acceptors (Lipinski definition) is 4. The number of hydrogen-bond donors (Lipinski definition) is 0. The fraction of sp³-hybridized carbons (Fsp3) is 0.429. The molecule has 2 atom stereocenters. The SMILES string of the molecule is COC(=O)[C@H]1C[C@H](OC)CN1C(=O)c1cccc(F)c1. The van der Waals surface area contributed by atoms with Gasteiger partial charge >= 0.3 is 5.97 Å². The Morgan fingerprint density at radius 1 is 1.35 bits per heavy atom. The lowest BCUT2D eigenvalue weighted by Crippen LogP contribution is -2.41. The summed E-state index contributed by atoms with van der Waals surface area (Å²) >= 11 is 0. The molecule has 1 aromatic carbocycles. The summed E-state index contributed by atoms with van der Waals surface area (Å²) < 4.78 is 23.1. The van der Waals surface area contributed by atoms with Gasteiger partial charge in [-0.2, -0.15) is 0 Å². The second kappa shape index (κ2) is 6.00. The molecule has 1 fully saturated rings. The van der Waals surface area contributed by atoms with Gasteiger partial charge in [-0.3, -0.25) is 4.79 Å². The van der Waals surface area contributed by atoms with Crippen molar-refractivity contribution in [3.63, 3.8) is 0 Å². The molecule has 1 aliphatic heterocycles. The van der Waals surface area contributed by atoms with E-state index >= 15 is 0 Å². The van der Waals surface area contributed by atoms with E-state index in [2.05, 4.69) is 0 Å². The van der Waals surface area contributed by atoms with E-state index in [-0.39, 0.29) is 18.2 Å². The molecule has 1 amide bonds. The Kier molecular flexibility index (Phi) is 4.34. The maximum Gasteiger partial charge on any atom is 0.328 e. The van der Waals surface area contributed by atoms with Crippen LogP contribution in [0.5, 0.6) is 0 Å². The number of likely N-dealkylation sites (tertiary alicyclic amines) is 1. The molecular weight excluding hydrogens is 265 g/mol. The summed E-state index contributed by atoms with van der Waals surface area (Å²) in [5.74, 6) is -1.39. The first kappa shape index (κ1) is 14.5. The molecule has 0 aromatic heterocycles. The van der Waals surface area contributed by atoms with Gasteiger partial charge in [0, 0.05) is 25.6 Å². The molecule has 0 N–H and O–H groups in total. The van der Waals surface area contributed by atoms with Crippen LogP contribution < -0.4 is 0 Å². The Balaban J connectivity index is 2.24. The monoisotopic (exact) mass is 281 g/mol. The smallest absolute Gasteiger partial charge is 0.328 e. The van der Waals surface area contributed by atoms with Crippen molar-refractivity contribution in [2.75, 3.05) is 20.8 Å². The van der Waals surface area contributed by atoms with Gasteiger partial charge in [0.05, 0.1) is 13.2 Å². The summed E-state index contributed by atoms with van der Waals surface area (Å²) in [6.07, 6.45) is 0.154. The maximum atomic E-state index is 13.2. The molecule has 108 valence electrons. The second-order valence-corrected chi connectivity index (χ2v) is 4.60. The van der Waals surface area contributed by atoms with Gasteiger partial charge < -0.3 is 14.4 Å². The number of esters is 1. The van der Waals surface area contributed by atoms with Gasteiger partial charge in [0.25, 0.3) is 5.91 Å². The van der Waals surface area contributed by atoms with Gasteiger partial charge in [0.15, 0.2) is 0 Å². The minimum absolute atomic E-state index is 0.204. The first-order chi connectivity index (χ1) is 9.56. The second-order valence-electron chi connectivity index (χ2n) is 4.60. The molecule has 1 aliphatic rings. The number of ether oxygens (including phenoxy) is 2. The molecule has 0 saturated carbocycles. The third kappa shape index (κ3) is 2.80. The third-order valence-corrected chi connectivity index (χ3v) is 3.40. The Morgan fingerprint density at radius 2 is 2.10 bits per heavy atom. The summed E-state index contributed by atoms with van der Waals surface area (Å²) in [4.78, 5) is 25.5. The topological polar surface area (TPSA) is 55.8 Å². The lowest BCUT2D eigenvalue weighted by molar-refractivity contribution is -0.145. The fourth-order valence-corrected chi connectivity index (χ4v) is 2.34. The van der Waals surface area contributed by atoms with E-state index < -0.39 is 23.7 Å². The van der Waals surface area contributed by atoms with Crippen LogP contribution >= 0.6 is 0 Å². The van der Waals surface area contributed by atoms with E-state index in [1.807, 2.05) is 0 Å². The van der Waals surface area contributed by atoms with Crippen molar-refractivity contribution < 1.29 is 23.5 Å². The van der Waals surface area contributed by atoms with Crippen LogP contribution in [0, 0.1) is 5.82 Å². The molecular formula is C14H16FNO4. The first-order valence-corrected chi connectivity index (χ1v) is 6.24. The van der Waals surface area contributed by atoms with E-state index in [0.29, 0.717) is 6.42 Å². The van der Waals surface area contributed by atoms with E-state index in [9.17, 15) is 14.0 Å². The summed E-state index contributed by atoms with van der Waals surface area (Å²) in [6.45, 7) is 0.283. The average Bonchev–Trinajstić information content (AvgIpc) is 2.90. The summed E-state index contributed by atoms with van der Waals surface area (Å²) in [5.41, 5.74) is 0.204. The highest BCUT2D eigenvalue weighted by Gasteiger charge is 2.40. The number of nitrogens with zero attached hydrogens (tertiary/aromatic N) is 1. The van der Waals surface area contributed by atoms with Crippen LogP contribution in [0.4, 0.5) is 4.39 Å². The molecule has 0 bridgehead atoms. The van der Waals surface area contributed by atoms with E-state index in [1.54, 1.807) is 0 Å². The lowest BCUT2D eigenvalue weighted by Gasteiger charge is -2.22. The molecule has 0 spiro atoms. The normalized spacial score (nSPS) is 21.9. The van der Waals surface area contributed by atoms with Crippen LogP contribution in [0.3, 0.4) is 0 Å². The molecule has 0 unspecified atom stereocenters. The van der Waals surface area contributed by atoms with Gasteiger partial charge in [0.2, 0.25) is 0 Å². The number of rotatable bonds is 3. The van der Waals surface area contributed by atoms with Gasteiger partial charge in [0.1, 0.15) is 11.9 Å². The molecule has 6 heteroatoms. The minimum atomic E-state index is -0.694. The zero-order valence-electron chi connectivity index (χ0n) is 11.3. The Labute approximate surface area is 116 Å². The maximum absolute atomic E-state index is 13.2. The third-order valence-electron chi connectivity index (χ3n) is 3.40. The number of benzene rings is 1. The number of amides is 1. The molecule has 2 rings (SSSR count). The zero-order chi connectivity index (χ0) is 14.7. The van der Waals surface area contributed by atoms with Crippen LogP contribution in [0.2, 0.25) is 0 Å². The highest BCUT2D eigenvalue weighted by molar-refractivity contribution is 5.97. The van der Waals surface area contributed by atoms with Crippen molar-refractivity contribution in [1.29, 1.82) is 0 Å². The first-order valence-electron chi connectivity index (χ1n) is 6.24. The van der Waals surface area contributed by atoms with Gasteiger partial charge in [-0.1, -0.05) is 6.07 Å². The average molecular weight is 281 g/mol. The van der Waals surface area contributed by atoms with Crippen LogP contribution in [0.25, 0.3) is 0 Å². The van der Waals surface area contributed by atoms with Crippen molar-refractivity contribution in [2.24, 2.45) is 0 Å². The number of halogens is 1. The predicted octanol–water partition coefficient (Wildman–Crippen LogP) is 1.23. The minimum Gasteiger partial charge on any atom is -0.467 e. The van der Waals surface area contributed by atoms with Crippen LogP contribution in [0.1, 0.15) is 16.8 Å². The molecule has 1 saturated heterocycles. The largest absolute Gasteiger partial charge is 0.467 e. The van der Waals surface area contributed by atoms with Crippen molar-refractivity contribution in [3.8, 4) is 0 Å². The Hall–Kier alpha value is -1.95. The molecule has 20 heavy (non-hydrogen) atoms. The van der Waals surface area contributed by atoms with Crippen LogP contribution in [-0.2, 0) is 14.3 Å². The highest BCUT2D eigenvalue weighted by Crippen LogP contribution is 2.23. The molecule has 0 aliphatic carbocycles. The van der Waals surface area contributed by atoms with E-state index in [4.69, 9.17) is 9.47 Å².